The van der Waals surface area contributed by atoms with Gasteiger partial charge in [-0.2, -0.15) is 13.2 Å². The fourth-order valence-corrected chi connectivity index (χ4v) is 3.31. The number of hydrogen-bond acceptors (Lipinski definition) is 7. The van der Waals surface area contributed by atoms with Gasteiger partial charge in [-0.3, -0.25) is 14.9 Å². The molecule has 12 heteroatoms. The Balaban J connectivity index is 1.47. The molecule has 196 valence electrons. The number of nitro groups is 1. The molecule has 4 aromatic rings. The first-order valence-electron chi connectivity index (χ1n) is 10.9. The lowest BCUT2D eigenvalue weighted by molar-refractivity contribution is -0.384. The van der Waals surface area contributed by atoms with Crippen LogP contribution in [0.25, 0.3) is 0 Å². The van der Waals surface area contributed by atoms with Crippen molar-refractivity contribution in [2.24, 2.45) is 0 Å². The summed E-state index contributed by atoms with van der Waals surface area (Å²) in [6.07, 6.45) is -4.60. The molecule has 0 aliphatic carbocycles. The number of carbonyl (C=O) groups excluding carboxylic acids is 1. The summed E-state index contributed by atoms with van der Waals surface area (Å²) in [5.41, 5.74) is -1.42. The van der Waals surface area contributed by atoms with Gasteiger partial charge in [-0.05, 0) is 42.5 Å². The lowest BCUT2D eigenvalue weighted by atomic mass is 10.2. The van der Waals surface area contributed by atoms with Gasteiger partial charge in [-0.1, -0.05) is 12.1 Å². The van der Waals surface area contributed by atoms with Crippen molar-refractivity contribution in [1.82, 2.24) is 0 Å². The van der Waals surface area contributed by atoms with Gasteiger partial charge < -0.3 is 23.9 Å². The third-order valence-electron chi connectivity index (χ3n) is 5.06. The Morgan fingerprint density at radius 2 is 1.68 bits per heavy atom. The summed E-state index contributed by atoms with van der Waals surface area (Å²) in [7, 11) is 1.53. The van der Waals surface area contributed by atoms with Crippen LogP contribution < -0.4 is 19.5 Å². The van der Waals surface area contributed by atoms with Crippen molar-refractivity contribution in [3.8, 4) is 23.0 Å². The number of alkyl halides is 3. The second kappa shape index (κ2) is 10.9. The Morgan fingerprint density at radius 3 is 2.42 bits per heavy atom. The molecule has 0 bridgehead atoms. The summed E-state index contributed by atoms with van der Waals surface area (Å²) in [5.74, 6) is 0.312. The smallest absolute Gasteiger partial charge is 0.416 e. The normalized spacial score (nSPS) is 11.1. The quantitative estimate of drug-likeness (QED) is 0.187. The highest BCUT2D eigenvalue weighted by Gasteiger charge is 2.30. The molecule has 0 saturated heterocycles. The van der Waals surface area contributed by atoms with Crippen LogP contribution in [0.2, 0.25) is 0 Å². The molecule has 0 radical (unpaired) electrons. The fourth-order valence-electron chi connectivity index (χ4n) is 3.31. The molecular weight excluding hydrogens is 509 g/mol. The molecule has 1 amide bonds. The summed E-state index contributed by atoms with van der Waals surface area (Å²) in [4.78, 5) is 23.3. The van der Waals surface area contributed by atoms with Gasteiger partial charge in [-0.15, -0.1) is 0 Å². The number of hydrogen-bond donors (Lipinski definition) is 1. The molecule has 0 aliphatic rings. The Labute approximate surface area is 213 Å². The average molecular weight is 528 g/mol. The van der Waals surface area contributed by atoms with Crippen molar-refractivity contribution in [2.75, 3.05) is 12.4 Å². The fraction of sp³-hybridized carbons (Fsp3) is 0.115. The molecule has 38 heavy (non-hydrogen) atoms. The summed E-state index contributed by atoms with van der Waals surface area (Å²) >= 11 is 0. The van der Waals surface area contributed by atoms with E-state index in [1.54, 1.807) is 24.3 Å². The molecule has 9 nitrogen and oxygen atoms in total. The van der Waals surface area contributed by atoms with Crippen molar-refractivity contribution in [3.63, 3.8) is 0 Å². The van der Waals surface area contributed by atoms with E-state index >= 15 is 0 Å². The van der Waals surface area contributed by atoms with Crippen LogP contribution in [-0.2, 0) is 12.8 Å². The van der Waals surface area contributed by atoms with Gasteiger partial charge >= 0.3 is 6.18 Å². The highest BCUT2D eigenvalue weighted by atomic mass is 19.4. The van der Waals surface area contributed by atoms with Gasteiger partial charge in [0.15, 0.2) is 5.76 Å². The molecule has 1 N–H and O–H groups in total. The number of ether oxygens (including phenoxy) is 3. The Kier molecular flexibility index (Phi) is 7.51. The Bertz CT molecular complexity index is 1470. The van der Waals surface area contributed by atoms with E-state index in [1.807, 2.05) is 0 Å². The number of nitrogens with one attached hydrogen (secondary N) is 1. The molecular formula is C26H19F3N2O7. The monoisotopic (exact) mass is 528 g/mol. The van der Waals surface area contributed by atoms with Crippen LogP contribution >= 0.6 is 0 Å². The van der Waals surface area contributed by atoms with Gasteiger partial charge in [0, 0.05) is 18.2 Å². The first kappa shape index (κ1) is 26.1. The average Bonchev–Trinajstić information content (AvgIpc) is 3.36. The molecule has 3 aromatic carbocycles. The van der Waals surface area contributed by atoms with Crippen molar-refractivity contribution in [1.29, 1.82) is 0 Å². The van der Waals surface area contributed by atoms with Crippen LogP contribution in [0.4, 0.5) is 24.5 Å². The number of carbonyl (C=O) groups is 1. The Morgan fingerprint density at radius 1 is 0.947 bits per heavy atom. The predicted molar refractivity (Wildman–Crippen MR) is 129 cm³/mol. The first-order chi connectivity index (χ1) is 18.1. The zero-order chi connectivity index (χ0) is 27.3. The number of anilines is 1. The van der Waals surface area contributed by atoms with E-state index in [-0.39, 0.29) is 29.6 Å². The lowest BCUT2D eigenvalue weighted by Crippen LogP contribution is -2.11. The van der Waals surface area contributed by atoms with Crippen molar-refractivity contribution < 1.29 is 41.5 Å². The first-order valence-corrected chi connectivity index (χ1v) is 10.9. The zero-order valence-electron chi connectivity index (χ0n) is 19.7. The number of nitro benzene ring substituents is 1. The lowest BCUT2D eigenvalue weighted by Gasteiger charge is -2.11. The van der Waals surface area contributed by atoms with Gasteiger partial charge in [0.25, 0.3) is 11.6 Å². The summed E-state index contributed by atoms with van der Waals surface area (Å²) in [5, 5.41) is 13.8. The molecule has 1 aromatic heterocycles. The van der Waals surface area contributed by atoms with Crippen LogP contribution in [0.1, 0.15) is 21.9 Å². The highest BCUT2D eigenvalue weighted by molar-refractivity contribution is 6.02. The minimum atomic E-state index is -4.60. The largest absolute Gasteiger partial charge is 0.497 e. The van der Waals surface area contributed by atoms with Crippen LogP contribution in [0.5, 0.6) is 23.0 Å². The van der Waals surface area contributed by atoms with Gasteiger partial charge in [-0.25, -0.2) is 0 Å². The van der Waals surface area contributed by atoms with Gasteiger partial charge in [0.2, 0.25) is 0 Å². The maximum atomic E-state index is 13.0. The van der Waals surface area contributed by atoms with Gasteiger partial charge in [0.05, 0.1) is 29.4 Å². The molecule has 0 spiro atoms. The summed E-state index contributed by atoms with van der Waals surface area (Å²) in [6, 6.07) is 17.2. The summed E-state index contributed by atoms with van der Waals surface area (Å²) in [6.45, 7) is 0.0201. The summed E-state index contributed by atoms with van der Waals surface area (Å²) < 4.78 is 60.7. The number of amides is 1. The molecule has 0 aliphatic heterocycles. The van der Waals surface area contributed by atoms with E-state index in [2.05, 4.69) is 5.32 Å². The van der Waals surface area contributed by atoms with Crippen molar-refractivity contribution in [3.05, 3.63) is 106 Å². The van der Waals surface area contributed by atoms with Crippen molar-refractivity contribution in [2.45, 2.75) is 12.8 Å². The maximum absolute atomic E-state index is 13.0. The number of rotatable bonds is 9. The number of benzene rings is 3. The van der Waals surface area contributed by atoms with E-state index in [4.69, 9.17) is 18.6 Å². The third kappa shape index (κ3) is 6.60. The highest BCUT2D eigenvalue weighted by Crippen LogP contribution is 2.34. The van der Waals surface area contributed by atoms with E-state index in [1.165, 1.54) is 31.4 Å². The van der Waals surface area contributed by atoms with E-state index in [0.717, 1.165) is 30.3 Å². The number of halogens is 3. The predicted octanol–water partition coefficient (Wildman–Crippen LogP) is 6.84. The van der Waals surface area contributed by atoms with Crippen LogP contribution in [0.3, 0.4) is 0 Å². The number of furan rings is 1. The van der Waals surface area contributed by atoms with Crippen molar-refractivity contribution >= 4 is 17.3 Å². The molecule has 0 saturated carbocycles. The Hall–Kier alpha value is -5.00. The number of methoxy groups -OCH3 is 1. The van der Waals surface area contributed by atoms with E-state index in [9.17, 15) is 28.1 Å². The van der Waals surface area contributed by atoms with E-state index in [0.29, 0.717) is 17.3 Å². The standard InChI is InChI=1S/C26H19F3N2O7/c1-35-19-5-3-6-20(14-19)36-15-22-8-9-24(38-22)25(32)30-17-11-18(31(33)34)13-23(12-17)37-21-7-2-4-16(10-21)26(27,28)29/h2-14H,15H2,1H3,(H,30,32). The molecule has 0 fully saturated rings. The minimum absolute atomic E-state index is 0.0201. The third-order valence-corrected chi connectivity index (χ3v) is 5.06. The topological polar surface area (TPSA) is 113 Å². The van der Waals surface area contributed by atoms with Crippen LogP contribution in [0.15, 0.2) is 83.3 Å². The number of non-ortho nitro benzene ring substituents is 1. The molecule has 4 rings (SSSR count). The second-order valence-corrected chi connectivity index (χ2v) is 7.79. The van der Waals surface area contributed by atoms with Gasteiger partial charge in [0.1, 0.15) is 35.4 Å². The molecule has 1 heterocycles. The molecule has 0 unspecified atom stereocenters. The minimum Gasteiger partial charge on any atom is -0.497 e. The zero-order valence-corrected chi connectivity index (χ0v) is 19.7. The van der Waals surface area contributed by atoms with Crippen LogP contribution in [0, 0.1) is 10.1 Å². The SMILES string of the molecule is COc1cccc(OCc2ccc(C(=O)Nc3cc(Oc4cccc(C(F)(F)F)c4)cc([N+](=O)[O-])c3)o2)c1. The number of nitrogens with zero attached hydrogens (tertiary/aromatic N) is 1. The molecule has 0 atom stereocenters. The second-order valence-electron chi connectivity index (χ2n) is 7.79. The van der Waals surface area contributed by atoms with E-state index < -0.39 is 28.3 Å². The maximum Gasteiger partial charge on any atom is 0.416 e. The van der Waals surface area contributed by atoms with Crippen LogP contribution in [-0.4, -0.2) is 17.9 Å².